The Labute approximate surface area is 222 Å². The molecule has 0 saturated carbocycles. The van der Waals surface area contributed by atoms with E-state index in [4.69, 9.17) is 11.6 Å². The zero-order valence-corrected chi connectivity index (χ0v) is 22.3. The molecule has 0 spiro atoms. The third-order valence-electron chi connectivity index (χ3n) is 5.84. The third kappa shape index (κ3) is 6.76. The number of amides is 1. The number of fused-ring (bicyclic) bond motifs is 1. The van der Waals surface area contributed by atoms with Crippen LogP contribution in [0.3, 0.4) is 0 Å². The molecule has 6 nitrogen and oxygen atoms in total. The van der Waals surface area contributed by atoms with Crippen molar-refractivity contribution >= 4 is 50.7 Å². The van der Waals surface area contributed by atoms with Crippen LogP contribution in [0.5, 0.6) is 0 Å². The van der Waals surface area contributed by atoms with Gasteiger partial charge < -0.3 is 4.57 Å². The number of halogens is 1. The Bertz CT molecular complexity index is 1590. The molecule has 0 saturated heterocycles. The lowest BCUT2D eigenvalue weighted by atomic mass is 10.1. The molecule has 0 bridgehead atoms. The maximum atomic E-state index is 12.7. The fraction of sp³-hybridized carbons (Fsp3) is 0.172. The van der Waals surface area contributed by atoms with Crippen LogP contribution >= 0.6 is 11.6 Å². The highest BCUT2D eigenvalue weighted by Crippen LogP contribution is 2.24. The quantitative estimate of drug-likeness (QED) is 0.246. The first-order valence-electron chi connectivity index (χ1n) is 12.0. The second-order valence-electron chi connectivity index (χ2n) is 8.68. The van der Waals surface area contributed by atoms with Crippen molar-refractivity contribution in [2.75, 3.05) is 0 Å². The van der Waals surface area contributed by atoms with Crippen LogP contribution in [0, 0.1) is 6.92 Å². The monoisotopic (exact) mass is 533 g/mol. The van der Waals surface area contributed by atoms with Gasteiger partial charge in [-0.15, -0.1) is 0 Å². The van der Waals surface area contributed by atoms with Crippen molar-refractivity contribution in [2.24, 2.45) is 0 Å². The van der Waals surface area contributed by atoms with Crippen molar-refractivity contribution < 1.29 is 13.2 Å². The first-order chi connectivity index (χ1) is 17.8. The number of benzene rings is 3. The molecule has 1 N–H and O–H groups in total. The van der Waals surface area contributed by atoms with Crippen LogP contribution in [0.2, 0.25) is 5.02 Å². The van der Waals surface area contributed by atoms with E-state index in [-0.39, 0.29) is 5.56 Å². The average Bonchev–Trinajstić information content (AvgIpc) is 3.18. The molecule has 1 aromatic heterocycles. The van der Waals surface area contributed by atoms with Crippen LogP contribution in [-0.4, -0.2) is 23.9 Å². The van der Waals surface area contributed by atoms with Crippen molar-refractivity contribution in [3.8, 4) is 0 Å². The van der Waals surface area contributed by atoms with Gasteiger partial charge in [0.05, 0.1) is 17.6 Å². The number of carbonyl (C=O) groups is 1. The Balaban J connectivity index is 1.56. The minimum absolute atomic E-state index is 0.230. The normalized spacial score (nSPS) is 12.1. The highest BCUT2D eigenvalue weighted by molar-refractivity contribution is 7.92. The predicted octanol–water partition coefficient (Wildman–Crippen LogP) is 6.59. The summed E-state index contributed by atoms with van der Waals surface area (Å²) in [7, 11) is -3.87. The number of allylic oxidation sites excluding steroid dienone is 1. The van der Waals surface area contributed by atoms with Crippen molar-refractivity contribution in [1.82, 2.24) is 14.3 Å². The predicted molar refractivity (Wildman–Crippen MR) is 151 cm³/mol. The van der Waals surface area contributed by atoms with E-state index in [1.54, 1.807) is 18.2 Å². The molecule has 0 unspecified atom stereocenters. The number of aryl methyl sites for hydroxylation is 1. The molecule has 0 radical (unpaired) electrons. The van der Waals surface area contributed by atoms with E-state index in [2.05, 4.69) is 9.71 Å². The lowest BCUT2D eigenvalue weighted by Gasteiger charge is -2.10. The number of aromatic nitrogens is 2. The van der Waals surface area contributed by atoms with E-state index < -0.39 is 15.9 Å². The van der Waals surface area contributed by atoms with Gasteiger partial charge in [0.25, 0.3) is 15.9 Å². The number of rotatable bonds is 9. The maximum Gasteiger partial charge on any atom is 0.265 e. The van der Waals surface area contributed by atoms with Crippen molar-refractivity contribution in [3.63, 3.8) is 0 Å². The largest absolute Gasteiger partial charge is 0.324 e. The Morgan fingerprint density at radius 2 is 1.78 bits per heavy atom. The summed E-state index contributed by atoms with van der Waals surface area (Å²) < 4.78 is 28.5. The van der Waals surface area contributed by atoms with E-state index in [0.29, 0.717) is 29.0 Å². The van der Waals surface area contributed by atoms with Crippen LogP contribution in [-0.2, 0) is 16.6 Å². The minimum atomic E-state index is -3.87. The molecule has 0 aliphatic rings. The number of nitrogens with one attached hydrogen (secondary N) is 1. The number of sulfonamides is 1. The fourth-order valence-electron chi connectivity index (χ4n) is 3.89. The van der Waals surface area contributed by atoms with E-state index in [9.17, 15) is 13.2 Å². The number of unbranched alkanes of at least 4 members (excludes halogenated alkanes) is 1. The summed E-state index contributed by atoms with van der Waals surface area (Å²) >= 11 is 6.63. The SMILES string of the molecule is CCCC=CS(=O)(=O)NC(=O)c1ccc2nc(C)n(Cc3ccc(C=Cc4ccccc4)cc3Cl)c2c1. The first kappa shape index (κ1) is 26.4. The second kappa shape index (κ2) is 11.6. The first-order valence-corrected chi connectivity index (χ1v) is 13.9. The summed E-state index contributed by atoms with van der Waals surface area (Å²) in [6.45, 7) is 4.28. The van der Waals surface area contributed by atoms with Crippen molar-refractivity contribution in [3.05, 3.63) is 111 Å². The zero-order chi connectivity index (χ0) is 26.4. The van der Waals surface area contributed by atoms with Crippen molar-refractivity contribution in [1.29, 1.82) is 0 Å². The topological polar surface area (TPSA) is 81.1 Å². The summed E-state index contributed by atoms with van der Waals surface area (Å²) in [4.78, 5) is 17.3. The van der Waals surface area contributed by atoms with Gasteiger partial charge in [0.2, 0.25) is 0 Å². The van der Waals surface area contributed by atoms with Gasteiger partial charge in [-0.2, -0.15) is 0 Å². The number of imidazole rings is 1. The molecular formula is C29H28ClN3O3S. The van der Waals surface area contributed by atoms with Gasteiger partial charge in [-0.05, 0) is 54.3 Å². The molecule has 0 aliphatic heterocycles. The zero-order valence-electron chi connectivity index (χ0n) is 20.7. The Kier molecular flexibility index (Phi) is 8.26. The van der Waals surface area contributed by atoms with Gasteiger partial charge >= 0.3 is 0 Å². The van der Waals surface area contributed by atoms with Crippen LogP contribution in [0.1, 0.15) is 52.6 Å². The van der Waals surface area contributed by atoms with E-state index >= 15 is 0 Å². The van der Waals surface area contributed by atoms with Crippen LogP contribution < -0.4 is 4.72 Å². The van der Waals surface area contributed by atoms with E-state index in [0.717, 1.165) is 34.3 Å². The summed E-state index contributed by atoms with van der Waals surface area (Å²) in [5.41, 5.74) is 4.64. The molecule has 8 heteroatoms. The molecule has 1 amide bonds. The van der Waals surface area contributed by atoms with Crippen LogP contribution in [0.4, 0.5) is 0 Å². The highest BCUT2D eigenvalue weighted by atomic mass is 35.5. The third-order valence-corrected chi connectivity index (χ3v) is 7.21. The highest BCUT2D eigenvalue weighted by Gasteiger charge is 2.16. The number of carbonyl (C=O) groups excluding carboxylic acids is 1. The van der Waals surface area contributed by atoms with Crippen LogP contribution in [0.25, 0.3) is 23.2 Å². The molecule has 190 valence electrons. The molecule has 4 rings (SSSR count). The van der Waals surface area contributed by atoms with E-state index in [1.807, 2.05) is 79.1 Å². The number of hydrogen-bond acceptors (Lipinski definition) is 4. The summed E-state index contributed by atoms with van der Waals surface area (Å²) in [5, 5.41) is 1.65. The van der Waals surface area contributed by atoms with Gasteiger partial charge in [-0.1, -0.05) is 85.6 Å². The van der Waals surface area contributed by atoms with E-state index in [1.165, 1.54) is 6.08 Å². The standard InChI is InChI=1S/C29H28ClN3O3S/c1-3-4-8-17-37(35,36)32-29(34)24-15-16-27-28(19-24)33(21(2)31-27)20-25-14-13-23(18-26(25)30)12-11-22-9-6-5-7-10-22/h5-19H,3-4,20H2,1-2H3,(H,32,34). The Hall–Kier alpha value is -3.68. The summed E-state index contributed by atoms with van der Waals surface area (Å²) in [6.07, 6.45) is 7.01. The Morgan fingerprint density at radius 3 is 2.51 bits per heavy atom. The molecule has 0 fully saturated rings. The van der Waals surface area contributed by atoms with Gasteiger partial charge in [-0.3, -0.25) is 4.79 Å². The summed E-state index contributed by atoms with van der Waals surface area (Å²) in [5.74, 6) is 0.0628. The summed E-state index contributed by atoms with van der Waals surface area (Å²) in [6, 6.07) is 20.9. The van der Waals surface area contributed by atoms with Gasteiger partial charge in [0.1, 0.15) is 5.82 Å². The fourth-order valence-corrected chi connectivity index (χ4v) is 4.97. The van der Waals surface area contributed by atoms with Gasteiger partial charge in [-0.25, -0.2) is 18.1 Å². The van der Waals surface area contributed by atoms with Crippen molar-refractivity contribution in [2.45, 2.75) is 33.2 Å². The molecule has 37 heavy (non-hydrogen) atoms. The minimum Gasteiger partial charge on any atom is -0.324 e. The molecule has 0 aliphatic carbocycles. The lowest BCUT2D eigenvalue weighted by molar-refractivity contribution is 0.0982. The number of hydrogen-bond donors (Lipinski definition) is 1. The molecular weight excluding hydrogens is 506 g/mol. The smallest absolute Gasteiger partial charge is 0.265 e. The number of nitrogens with zero attached hydrogens (tertiary/aromatic N) is 2. The molecule has 3 aromatic carbocycles. The second-order valence-corrected chi connectivity index (χ2v) is 10.7. The van der Waals surface area contributed by atoms with Crippen LogP contribution in [0.15, 0.2) is 78.2 Å². The van der Waals surface area contributed by atoms with Gasteiger partial charge in [0, 0.05) is 16.0 Å². The Morgan fingerprint density at radius 1 is 1.03 bits per heavy atom. The molecule has 4 aromatic rings. The molecule has 1 heterocycles. The average molecular weight is 534 g/mol. The lowest BCUT2D eigenvalue weighted by Crippen LogP contribution is -2.28. The maximum absolute atomic E-state index is 12.7. The molecule has 0 atom stereocenters. The van der Waals surface area contributed by atoms with Gasteiger partial charge in [0.15, 0.2) is 0 Å².